The van der Waals surface area contributed by atoms with E-state index in [9.17, 15) is 47.4 Å². The van der Waals surface area contributed by atoms with Gasteiger partial charge in [0.15, 0.2) is 0 Å². The van der Waals surface area contributed by atoms with E-state index in [0.29, 0.717) is 11.1 Å². The predicted octanol–water partition coefficient (Wildman–Crippen LogP) is 12.7. The zero-order valence-electron chi connectivity index (χ0n) is 46.4. The van der Waals surface area contributed by atoms with Gasteiger partial charge in [0.1, 0.15) is 31.4 Å². The van der Waals surface area contributed by atoms with E-state index in [-0.39, 0.29) is 41.8 Å². The summed E-state index contributed by atoms with van der Waals surface area (Å²) in [7, 11) is -17.0. The summed E-state index contributed by atoms with van der Waals surface area (Å²) in [6.07, 6.45) is 0. The quantitative estimate of drug-likeness (QED) is 0.0880. The van der Waals surface area contributed by atoms with Crippen LogP contribution < -0.4 is 0 Å². The van der Waals surface area contributed by atoms with Crippen molar-refractivity contribution in [3.8, 4) is 28.5 Å². The van der Waals surface area contributed by atoms with Crippen molar-refractivity contribution in [2.45, 2.75) is 66.9 Å². The van der Waals surface area contributed by atoms with Crippen molar-refractivity contribution in [2.75, 3.05) is 28.4 Å². The standard InChI is InChI=1S/C17H13NS.C15H13NS.C14H16O9S3.C13H14O6S2/c1-11-16(10-18)17(12(2)19-11)15-8-7-13-5-3-4-6-14(13)9-15;1-10-15(16-11(2)17-10)14-8-7-12-5-3-4-6-13(12)9-14;1-9-4-11-12(13(5-9)25(18,19)22-2)6-10(8-24(15,16)17)7-14(11)26(20,21)23-3;1-9-7-11-10(13(8-9)21(16,17)19-3)5-4-6-12(11)20(14,15)18-2/h3-9H,1-2H3;3-9H,1-2H3;4-7H,8H2,1-3H3,(H,15,16,17);4-8H,1-3H3. The van der Waals surface area contributed by atoms with Crippen molar-refractivity contribution in [1.29, 1.82) is 5.26 Å². The zero-order valence-corrected chi connectivity index (χ0v) is 52.1. The summed E-state index contributed by atoms with van der Waals surface area (Å²) in [6, 6.07) is 44.3. The molecule has 0 saturated heterocycles. The SMILES string of the molecule is COS(=O)(=O)c1cc(C)cc2c(S(=O)(=O)OC)cccc12.COS(=O)(=O)c1cc(CS(=O)(=O)O)cc2c(S(=O)(=O)OC)cc(C)cc12.Cc1nc(-c2ccc3ccccc3c2)c(C)s1.Cc1sc(C)c(-c2ccc3ccccc3c2)c1C#N. The lowest BCUT2D eigenvalue weighted by Gasteiger charge is -2.13. The lowest BCUT2D eigenvalue weighted by Crippen LogP contribution is -2.09. The molecule has 0 bridgehead atoms. The van der Waals surface area contributed by atoms with Crippen molar-refractivity contribution in [2.24, 2.45) is 0 Å². The molecule has 0 radical (unpaired) electrons. The summed E-state index contributed by atoms with van der Waals surface area (Å²) >= 11 is 3.46. The largest absolute Gasteiger partial charge is 0.297 e. The first-order valence-electron chi connectivity index (χ1n) is 24.7. The van der Waals surface area contributed by atoms with Crippen LogP contribution in [0, 0.1) is 52.9 Å². The number of fused-ring (bicyclic) bond motifs is 4. The van der Waals surface area contributed by atoms with Crippen LogP contribution >= 0.6 is 22.7 Å². The van der Waals surface area contributed by atoms with E-state index >= 15 is 0 Å². The fourth-order valence-electron chi connectivity index (χ4n) is 9.19. The van der Waals surface area contributed by atoms with E-state index in [0.717, 1.165) is 66.8 Å². The highest BCUT2D eigenvalue weighted by atomic mass is 32.2. The van der Waals surface area contributed by atoms with Crippen molar-refractivity contribution < 1.29 is 63.4 Å². The summed E-state index contributed by atoms with van der Waals surface area (Å²) in [4.78, 5) is 7.29. The molecular formula is C59H56N2O15S7. The van der Waals surface area contributed by atoms with E-state index in [1.165, 1.54) is 79.3 Å². The second-order valence-corrected chi connectivity index (χ2v) is 29.6. The molecule has 24 heteroatoms. The van der Waals surface area contributed by atoms with Crippen LogP contribution in [0.25, 0.3) is 65.5 Å². The van der Waals surface area contributed by atoms with Gasteiger partial charge in [0.25, 0.3) is 50.6 Å². The maximum absolute atomic E-state index is 12.3. The van der Waals surface area contributed by atoms with Crippen molar-refractivity contribution in [3.05, 3.63) is 181 Å². The Labute approximate surface area is 491 Å². The molecule has 83 heavy (non-hydrogen) atoms. The number of nitriles is 1. The molecule has 10 rings (SSSR count). The molecule has 8 aromatic carbocycles. The van der Waals surface area contributed by atoms with Gasteiger partial charge in [-0.05, 0) is 140 Å². The molecule has 17 nitrogen and oxygen atoms in total. The van der Waals surface area contributed by atoms with Gasteiger partial charge in [-0.1, -0.05) is 84.9 Å². The van der Waals surface area contributed by atoms with Crippen LogP contribution in [0.4, 0.5) is 0 Å². The Kier molecular flexibility index (Phi) is 19.6. The molecule has 0 amide bonds. The van der Waals surface area contributed by atoms with Gasteiger partial charge in [-0.15, -0.1) is 22.7 Å². The van der Waals surface area contributed by atoms with Crippen LogP contribution in [0.15, 0.2) is 159 Å². The molecule has 0 saturated carbocycles. The number of aryl methyl sites for hydroxylation is 6. The molecule has 2 heterocycles. The van der Waals surface area contributed by atoms with Gasteiger partial charge in [0, 0.05) is 47.3 Å². The lowest BCUT2D eigenvalue weighted by atomic mass is 9.98. The molecule has 0 fully saturated rings. The fraction of sp³-hybridized carbons (Fsp3) is 0.186. The van der Waals surface area contributed by atoms with Gasteiger partial charge in [0.2, 0.25) is 0 Å². The number of rotatable bonds is 12. The smallest absolute Gasteiger partial charge is 0.285 e. The molecule has 0 aliphatic carbocycles. The summed E-state index contributed by atoms with van der Waals surface area (Å²) in [5.41, 5.74) is 6.28. The maximum atomic E-state index is 12.3. The minimum Gasteiger partial charge on any atom is -0.285 e. The van der Waals surface area contributed by atoms with E-state index < -0.39 is 61.2 Å². The van der Waals surface area contributed by atoms with E-state index in [1.807, 2.05) is 19.1 Å². The molecule has 0 aliphatic rings. The number of nitrogens with zero attached hydrogens (tertiary/aromatic N) is 2. The molecule has 10 aromatic rings. The molecular weight excluding hydrogens is 1200 g/mol. The van der Waals surface area contributed by atoms with Crippen LogP contribution in [0.3, 0.4) is 0 Å². The van der Waals surface area contributed by atoms with E-state index in [2.05, 4.69) is 121 Å². The van der Waals surface area contributed by atoms with Crippen LogP contribution in [0.2, 0.25) is 0 Å². The number of thiophene rings is 1. The minimum absolute atomic E-state index is 0.0153. The molecule has 0 unspecified atom stereocenters. The summed E-state index contributed by atoms with van der Waals surface area (Å²) in [5, 5.41) is 15.9. The highest BCUT2D eigenvalue weighted by Gasteiger charge is 2.26. The highest BCUT2D eigenvalue weighted by molar-refractivity contribution is 7.88. The van der Waals surface area contributed by atoms with Gasteiger partial charge in [-0.3, -0.25) is 21.3 Å². The predicted molar refractivity (Wildman–Crippen MR) is 325 cm³/mol. The number of thiazole rings is 1. The Morgan fingerprint density at radius 1 is 0.458 bits per heavy atom. The second-order valence-electron chi connectivity index (χ2n) is 18.6. The Morgan fingerprint density at radius 2 is 0.904 bits per heavy atom. The van der Waals surface area contributed by atoms with Crippen molar-refractivity contribution >= 4 is 116 Å². The zero-order chi connectivity index (χ0) is 61.0. The summed E-state index contributed by atoms with van der Waals surface area (Å²) < 4.78 is 146. The third-order valence-corrected chi connectivity index (χ3v) is 20.8. The minimum atomic E-state index is -4.49. The Balaban J connectivity index is 0.000000161. The fourth-order valence-corrected chi connectivity index (χ4v) is 15.3. The Morgan fingerprint density at radius 3 is 1.39 bits per heavy atom. The number of benzene rings is 8. The number of hydrogen-bond donors (Lipinski definition) is 1. The lowest BCUT2D eigenvalue weighted by molar-refractivity contribution is 0.396. The van der Waals surface area contributed by atoms with Gasteiger partial charge in [-0.2, -0.15) is 47.4 Å². The summed E-state index contributed by atoms with van der Waals surface area (Å²) in [6.45, 7) is 11.5. The molecule has 0 spiro atoms. The topological polar surface area (TPSA) is 265 Å². The normalized spacial score (nSPS) is 12.0. The monoisotopic (exact) mass is 1260 g/mol. The van der Waals surface area contributed by atoms with Gasteiger partial charge < -0.3 is 0 Å². The summed E-state index contributed by atoms with van der Waals surface area (Å²) in [5.74, 6) is -0.907. The Bertz CT molecular complexity index is 4780. The van der Waals surface area contributed by atoms with Crippen LogP contribution in [-0.4, -0.2) is 80.1 Å². The Hall–Kier alpha value is -6.83. The third kappa shape index (κ3) is 14.6. The molecule has 0 aliphatic heterocycles. The average Bonchev–Trinajstić information content (AvgIpc) is 2.63. The highest BCUT2D eigenvalue weighted by Crippen LogP contribution is 2.38. The first-order chi connectivity index (χ1) is 39.0. The van der Waals surface area contributed by atoms with Crippen molar-refractivity contribution in [1.82, 2.24) is 4.98 Å². The number of hydrogen-bond acceptors (Lipinski definition) is 18. The van der Waals surface area contributed by atoms with E-state index in [1.54, 1.807) is 42.6 Å². The number of aromatic nitrogens is 1. The van der Waals surface area contributed by atoms with Crippen LogP contribution in [-0.2, 0) is 73.1 Å². The van der Waals surface area contributed by atoms with Gasteiger partial charge in [-0.25, -0.2) is 4.98 Å². The molecule has 0 atom stereocenters. The maximum Gasteiger partial charge on any atom is 0.297 e. The average molecular weight is 1260 g/mol. The molecule has 2 aromatic heterocycles. The van der Waals surface area contributed by atoms with Gasteiger partial charge >= 0.3 is 0 Å². The van der Waals surface area contributed by atoms with Gasteiger partial charge in [0.05, 0.1) is 44.7 Å². The van der Waals surface area contributed by atoms with Crippen LogP contribution in [0.5, 0.6) is 0 Å². The van der Waals surface area contributed by atoms with Crippen molar-refractivity contribution in [3.63, 3.8) is 0 Å². The first kappa shape index (κ1) is 63.7. The third-order valence-electron chi connectivity index (χ3n) is 12.9. The second kappa shape index (κ2) is 25.6. The van der Waals surface area contributed by atoms with E-state index in [4.69, 9.17) is 4.55 Å². The first-order valence-corrected chi connectivity index (χ1v) is 33.6. The molecule has 434 valence electrons. The van der Waals surface area contributed by atoms with Crippen LogP contribution in [0.1, 0.15) is 41.9 Å². The molecule has 1 N–H and O–H groups in total.